The van der Waals surface area contributed by atoms with Crippen LogP contribution in [-0.2, 0) is 11.2 Å². The molecule has 0 aliphatic carbocycles. The molecule has 1 aromatic heterocycles. The van der Waals surface area contributed by atoms with Crippen molar-refractivity contribution >= 4 is 17.3 Å². The van der Waals surface area contributed by atoms with Gasteiger partial charge in [-0.15, -0.1) is 5.10 Å². The number of anilines is 2. The lowest BCUT2D eigenvalue weighted by atomic mass is 10.1. The number of nitrogens with one attached hydrogen (secondary N) is 1. The summed E-state index contributed by atoms with van der Waals surface area (Å²) < 4.78 is 1.58. The third-order valence-electron chi connectivity index (χ3n) is 4.40. The number of hydrogen-bond donors (Lipinski definition) is 1. The standard InChI is InChI=1S/C18H18N6O/c1-13-10-14-4-2-3-5-17(14)24(13)18(25)11-19-15-6-8-16(9-7-15)23-12-20-21-22-23/h2-9,12-13,19H,10-11H2,1H3/t13-/m0/s1. The van der Waals surface area contributed by atoms with Crippen LogP contribution in [0.3, 0.4) is 0 Å². The predicted octanol–water partition coefficient (Wildman–Crippen LogP) is 2.05. The summed E-state index contributed by atoms with van der Waals surface area (Å²) in [5, 5.41) is 14.3. The fourth-order valence-electron chi connectivity index (χ4n) is 3.22. The number of nitrogens with zero attached hydrogens (tertiary/aromatic N) is 5. The second-order valence-electron chi connectivity index (χ2n) is 6.10. The van der Waals surface area contributed by atoms with Crippen molar-refractivity contribution < 1.29 is 4.79 Å². The summed E-state index contributed by atoms with van der Waals surface area (Å²) in [4.78, 5) is 14.6. The van der Waals surface area contributed by atoms with E-state index in [2.05, 4.69) is 33.8 Å². The molecule has 1 N–H and O–H groups in total. The number of hydrogen-bond acceptors (Lipinski definition) is 5. The molecule has 25 heavy (non-hydrogen) atoms. The van der Waals surface area contributed by atoms with Crippen molar-refractivity contribution in [3.63, 3.8) is 0 Å². The summed E-state index contributed by atoms with van der Waals surface area (Å²) in [5.41, 5.74) is 4.00. The van der Waals surface area contributed by atoms with Gasteiger partial charge in [-0.3, -0.25) is 4.79 Å². The molecule has 0 spiro atoms. The van der Waals surface area contributed by atoms with E-state index in [1.54, 1.807) is 4.68 Å². The molecule has 2 heterocycles. The SMILES string of the molecule is C[C@H]1Cc2ccccc2N1C(=O)CNc1ccc(-n2cnnn2)cc1. The molecule has 0 bridgehead atoms. The molecule has 2 aromatic carbocycles. The van der Waals surface area contributed by atoms with Gasteiger partial charge in [-0.05, 0) is 59.7 Å². The highest BCUT2D eigenvalue weighted by atomic mass is 16.2. The molecule has 0 saturated heterocycles. The third-order valence-corrected chi connectivity index (χ3v) is 4.40. The minimum absolute atomic E-state index is 0.0713. The average molecular weight is 334 g/mol. The number of aromatic nitrogens is 4. The number of benzene rings is 2. The molecule has 3 aromatic rings. The van der Waals surface area contributed by atoms with Crippen LogP contribution in [0.4, 0.5) is 11.4 Å². The van der Waals surface area contributed by atoms with Crippen LogP contribution in [0.5, 0.6) is 0 Å². The highest BCUT2D eigenvalue weighted by molar-refractivity contribution is 5.98. The summed E-state index contributed by atoms with van der Waals surface area (Å²) in [6, 6.07) is 15.9. The summed E-state index contributed by atoms with van der Waals surface area (Å²) in [6.45, 7) is 2.34. The first-order chi connectivity index (χ1) is 12.2. The van der Waals surface area contributed by atoms with Gasteiger partial charge in [0.1, 0.15) is 6.33 Å². The van der Waals surface area contributed by atoms with Crippen LogP contribution in [0.15, 0.2) is 54.9 Å². The number of fused-ring (bicyclic) bond motifs is 1. The van der Waals surface area contributed by atoms with Crippen LogP contribution in [0, 0.1) is 0 Å². The summed E-state index contributed by atoms with van der Waals surface area (Å²) in [5.74, 6) is 0.0713. The van der Waals surface area contributed by atoms with E-state index in [1.807, 2.05) is 47.4 Å². The van der Waals surface area contributed by atoms with Crippen molar-refractivity contribution in [3.8, 4) is 5.69 Å². The fourth-order valence-corrected chi connectivity index (χ4v) is 3.22. The molecule has 0 radical (unpaired) electrons. The Morgan fingerprint density at radius 2 is 2.00 bits per heavy atom. The Bertz CT molecular complexity index is 875. The van der Waals surface area contributed by atoms with Crippen LogP contribution >= 0.6 is 0 Å². The van der Waals surface area contributed by atoms with Crippen molar-refractivity contribution in [1.82, 2.24) is 20.2 Å². The highest BCUT2D eigenvalue weighted by Crippen LogP contribution is 2.31. The molecule has 7 nitrogen and oxygen atoms in total. The van der Waals surface area contributed by atoms with Crippen molar-refractivity contribution in [2.24, 2.45) is 0 Å². The van der Waals surface area contributed by atoms with E-state index in [1.165, 1.54) is 11.9 Å². The second-order valence-corrected chi connectivity index (χ2v) is 6.10. The number of carbonyl (C=O) groups excluding carboxylic acids is 1. The van der Waals surface area contributed by atoms with Crippen LogP contribution in [0.1, 0.15) is 12.5 Å². The highest BCUT2D eigenvalue weighted by Gasteiger charge is 2.30. The van der Waals surface area contributed by atoms with E-state index in [0.29, 0.717) is 0 Å². The largest absolute Gasteiger partial charge is 0.376 e. The lowest BCUT2D eigenvalue weighted by Gasteiger charge is -2.23. The van der Waals surface area contributed by atoms with E-state index >= 15 is 0 Å². The van der Waals surface area contributed by atoms with Crippen LogP contribution < -0.4 is 10.2 Å². The zero-order chi connectivity index (χ0) is 17.2. The van der Waals surface area contributed by atoms with E-state index in [0.717, 1.165) is 23.5 Å². The molecule has 0 unspecified atom stereocenters. The molecule has 4 rings (SSSR count). The normalized spacial score (nSPS) is 15.9. The molecule has 126 valence electrons. The molecule has 0 saturated carbocycles. The van der Waals surface area contributed by atoms with Crippen LogP contribution in [0.2, 0.25) is 0 Å². The first-order valence-corrected chi connectivity index (χ1v) is 8.19. The van der Waals surface area contributed by atoms with Gasteiger partial charge in [0.05, 0.1) is 12.2 Å². The quantitative estimate of drug-likeness (QED) is 0.790. The van der Waals surface area contributed by atoms with Gasteiger partial charge < -0.3 is 10.2 Å². The smallest absolute Gasteiger partial charge is 0.246 e. The number of rotatable bonds is 4. The predicted molar refractivity (Wildman–Crippen MR) is 94.7 cm³/mol. The minimum atomic E-state index is 0.0713. The molecule has 7 heteroatoms. The Balaban J connectivity index is 1.42. The lowest BCUT2D eigenvalue weighted by molar-refractivity contribution is -0.117. The van der Waals surface area contributed by atoms with E-state index < -0.39 is 0 Å². The summed E-state index contributed by atoms with van der Waals surface area (Å²) >= 11 is 0. The maximum absolute atomic E-state index is 12.7. The zero-order valence-corrected chi connectivity index (χ0v) is 13.8. The Labute approximate surface area is 145 Å². The molecule has 1 aliphatic rings. The van der Waals surface area contributed by atoms with Gasteiger partial charge in [0.15, 0.2) is 0 Å². The fraction of sp³-hybridized carbons (Fsp3) is 0.222. The van der Waals surface area contributed by atoms with Gasteiger partial charge >= 0.3 is 0 Å². The van der Waals surface area contributed by atoms with Crippen molar-refractivity contribution in [1.29, 1.82) is 0 Å². The number of amides is 1. The van der Waals surface area contributed by atoms with Gasteiger partial charge in [-0.1, -0.05) is 18.2 Å². The van der Waals surface area contributed by atoms with Crippen molar-refractivity contribution in [2.45, 2.75) is 19.4 Å². The minimum Gasteiger partial charge on any atom is -0.376 e. The Morgan fingerprint density at radius 1 is 1.20 bits per heavy atom. The molecule has 0 fully saturated rings. The molecule has 1 aliphatic heterocycles. The van der Waals surface area contributed by atoms with Crippen molar-refractivity contribution in [2.75, 3.05) is 16.8 Å². The van der Waals surface area contributed by atoms with Gasteiger partial charge in [0, 0.05) is 17.4 Å². The second kappa shape index (κ2) is 6.35. The summed E-state index contributed by atoms with van der Waals surface area (Å²) in [7, 11) is 0. The summed E-state index contributed by atoms with van der Waals surface area (Å²) in [6.07, 6.45) is 2.45. The number of tetrazole rings is 1. The van der Waals surface area contributed by atoms with E-state index in [4.69, 9.17) is 0 Å². The van der Waals surface area contributed by atoms with E-state index in [-0.39, 0.29) is 18.5 Å². The molecule has 1 amide bonds. The number of carbonyl (C=O) groups is 1. The van der Waals surface area contributed by atoms with E-state index in [9.17, 15) is 4.79 Å². The Morgan fingerprint density at radius 3 is 2.76 bits per heavy atom. The topological polar surface area (TPSA) is 75.9 Å². The van der Waals surface area contributed by atoms with Gasteiger partial charge in [0.25, 0.3) is 0 Å². The molecule has 1 atom stereocenters. The first-order valence-electron chi connectivity index (χ1n) is 8.19. The Kier molecular flexibility index (Phi) is 3.89. The monoisotopic (exact) mass is 334 g/mol. The maximum atomic E-state index is 12.7. The zero-order valence-electron chi connectivity index (χ0n) is 13.8. The Hall–Kier alpha value is -3.22. The molecular weight excluding hydrogens is 316 g/mol. The van der Waals surface area contributed by atoms with Crippen molar-refractivity contribution in [3.05, 3.63) is 60.4 Å². The third kappa shape index (κ3) is 2.96. The first kappa shape index (κ1) is 15.3. The van der Waals surface area contributed by atoms with Gasteiger partial charge in [-0.25, -0.2) is 4.68 Å². The van der Waals surface area contributed by atoms with Gasteiger partial charge in [-0.2, -0.15) is 0 Å². The average Bonchev–Trinajstić information content (AvgIpc) is 3.27. The van der Waals surface area contributed by atoms with Crippen LogP contribution in [-0.4, -0.2) is 38.7 Å². The molecular formula is C18H18N6O. The van der Waals surface area contributed by atoms with Crippen LogP contribution in [0.25, 0.3) is 5.69 Å². The lowest BCUT2D eigenvalue weighted by Crippen LogP contribution is -2.39. The number of para-hydroxylation sites is 1. The van der Waals surface area contributed by atoms with Gasteiger partial charge in [0.2, 0.25) is 5.91 Å². The maximum Gasteiger partial charge on any atom is 0.246 e.